The second kappa shape index (κ2) is 7.92. The number of fused-ring (bicyclic) bond motifs is 2. The number of sulfonamides is 2. The van der Waals surface area contributed by atoms with Gasteiger partial charge in [0.15, 0.2) is 11.6 Å². The molecule has 2 aromatic rings. The van der Waals surface area contributed by atoms with Crippen LogP contribution < -0.4 is 10.0 Å². The molecule has 2 aromatic carbocycles. The summed E-state index contributed by atoms with van der Waals surface area (Å²) in [5.74, 6) is -0.387. The molecule has 5 rings (SSSR count). The normalized spacial score (nSPS) is 23.1. The van der Waals surface area contributed by atoms with Crippen LogP contribution in [-0.2, 0) is 30.3 Å². The van der Waals surface area contributed by atoms with Crippen molar-refractivity contribution in [3.63, 3.8) is 0 Å². The van der Waals surface area contributed by atoms with E-state index in [2.05, 4.69) is 14.4 Å². The third kappa shape index (κ3) is 4.23. The van der Waals surface area contributed by atoms with Gasteiger partial charge in [-0.15, -0.1) is 4.40 Å². The van der Waals surface area contributed by atoms with Crippen molar-refractivity contribution in [2.24, 2.45) is 10.3 Å². The lowest BCUT2D eigenvalue weighted by molar-refractivity contribution is -0.120. The highest BCUT2D eigenvalue weighted by molar-refractivity contribution is 7.92. The van der Waals surface area contributed by atoms with E-state index in [-0.39, 0.29) is 33.4 Å². The lowest BCUT2D eigenvalue weighted by atomic mass is 9.67. The first kappa shape index (κ1) is 23.6. The highest BCUT2D eigenvalue weighted by Crippen LogP contribution is 2.46. The maximum atomic E-state index is 13.9. The number of carbonyl (C=O) groups is 1. The van der Waals surface area contributed by atoms with Gasteiger partial charge in [-0.2, -0.15) is 8.42 Å². The fourth-order valence-corrected chi connectivity index (χ4v) is 6.43. The zero-order chi connectivity index (χ0) is 25.2. The summed E-state index contributed by atoms with van der Waals surface area (Å²) in [5.41, 5.74) is 0.255. The molecule has 184 valence electrons. The van der Waals surface area contributed by atoms with Crippen molar-refractivity contribution >= 4 is 48.8 Å². The predicted molar refractivity (Wildman–Crippen MR) is 133 cm³/mol. The fraction of sp³-hybridized carbons (Fsp3) is 0.333. The molecule has 3 aliphatic rings. The topological polar surface area (TPSA) is 142 Å². The quantitative estimate of drug-likeness (QED) is 0.534. The molecule has 0 amide bonds. The molecule has 0 radical (unpaired) electrons. The van der Waals surface area contributed by atoms with Crippen LogP contribution in [-0.4, -0.2) is 39.8 Å². The molecule has 11 heteroatoms. The van der Waals surface area contributed by atoms with E-state index in [0.717, 1.165) is 31.6 Å². The number of hydrogen-bond acceptors (Lipinski definition) is 7. The summed E-state index contributed by atoms with van der Waals surface area (Å²) in [4.78, 5) is 13.6. The number of amidine groups is 1. The molecule has 1 atom stereocenters. The van der Waals surface area contributed by atoms with Crippen LogP contribution in [0.25, 0.3) is 5.76 Å². The summed E-state index contributed by atoms with van der Waals surface area (Å²) in [5, 5.41) is 14.0. The van der Waals surface area contributed by atoms with Crippen LogP contribution in [0.1, 0.15) is 43.7 Å². The molecular formula is C24H25N3O6S2. The van der Waals surface area contributed by atoms with E-state index in [9.17, 15) is 26.7 Å². The van der Waals surface area contributed by atoms with Gasteiger partial charge in [-0.25, -0.2) is 8.42 Å². The number of carbonyl (C=O) groups excluding carboxylic acids is 1. The van der Waals surface area contributed by atoms with Crippen molar-refractivity contribution < 1.29 is 26.7 Å². The van der Waals surface area contributed by atoms with Crippen molar-refractivity contribution in [3.05, 3.63) is 59.2 Å². The number of nitrogens with zero attached hydrogens (tertiary/aromatic N) is 1. The Bertz CT molecular complexity index is 1540. The number of aliphatic hydroxyl groups is 1. The van der Waals surface area contributed by atoms with Crippen LogP contribution in [0.2, 0.25) is 0 Å². The molecule has 0 bridgehead atoms. The molecule has 1 fully saturated rings. The monoisotopic (exact) mass is 515 g/mol. The Kier molecular flexibility index (Phi) is 5.33. The number of nitrogens with one attached hydrogen (secondary N) is 2. The second-order valence-electron chi connectivity index (χ2n) is 9.54. The SMILES string of the molecule is C[C@@]1(CCC2CC2)C(=O)C(C2=NS(=O)(=O)c3cc(NS(C)(=O)=O)ccc3N2)=C(O)c2ccccc21. The maximum absolute atomic E-state index is 13.9. The summed E-state index contributed by atoms with van der Waals surface area (Å²) in [6, 6.07) is 11.1. The van der Waals surface area contributed by atoms with Crippen LogP contribution in [0.4, 0.5) is 11.4 Å². The van der Waals surface area contributed by atoms with Gasteiger partial charge in [0.2, 0.25) is 10.0 Å². The Morgan fingerprint density at radius 1 is 1.20 bits per heavy atom. The van der Waals surface area contributed by atoms with Crippen LogP contribution in [0.5, 0.6) is 0 Å². The fourth-order valence-electron chi connectivity index (χ4n) is 4.72. The summed E-state index contributed by atoms with van der Waals surface area (Å²) >= 11 is 0. The predicted octanol–water partition coefficient (Wildman–Crippen LogP) is 3.57. The van der Waals surface area contributed by atoms with Gasteiger partial charge in [-0.05, 0) is 49.4 Å². The molecule has 3 N–H and O–H groups in total. The van der Waals surface area contributed by atoms with Crippen molar-refractivity contribution in [2.45, 2.75) is 42.9 Å². The lowest BCUT2D eigenvalue weighted by Gasteiger charge is -2.36. The first-order valence-corrected chi connectivity index (χ1v) is 14.5. The van der Waals surface area contributed by atoms with E-state index >= 15 is 0 Å². The first-order valence-electron chi connectivity index (χ1n) is 11.2. The molecule has 0 saturated heterocycles. The van der Waals surface area contributed by atoms with Gasteiger partial charge in [0.05, 0.1) is 17.4 Å². The molecule has 1 heterocycles. The Morgan fingerprint density at radius 3 is 2.60 bits per heavy atom. The Morgan fingerprint density at radius 2 is 1.91 bits per heavy atom. The third-order valence-corrected chi connectivity index (χ3v) is 8.68. The average Bonchev–Trinajstić information content (AvgIpc) is 3.60. The van der Waals surface area contributed by atoms with Crippen LogP contribution >= 0.6 is 0 Å². The summed E-state index contributed by atoms with van der Waals surface area (Å²) < 4.78 is 55.3. The number of benzene rings is 2. The molecule has 9 nitrogen and oxygen atoms in total. The van der Waals surface area contributed by atoms with Crippen molar-refractivity contribution in [1.82, 2.24) is 0 Å². The van der Waals surface area contributed by atoms with E-state index in [1.165, 1.54) is 12.1 Å². The second-order valence-corrected chi connectivity index (χ2v) is 12.9. The minimum Gasteiger partial charge on any atom is -0.506 e. The Labute approximate surface area is 204 Å². The Hall–Kier alpha value is -3.18. The molecule has 2 aliphatic carbocycles. The van der Waals surface area contributed by atoms with Crippen LogP contribution in [0.3, 0.4) is 0 Å². The molecule has 0 unspecified atom stereocenters. The zero-order valence-electron chi connectivity index (χ0n) is 19.2. The van der Waals surface area contributed by atoms with E-state index in [4.69, 9.17) is 0 Å². The molecule has 35 heavy (non-hydrogen) atoms. The number of hydrogen-bond donors (Lipinski definition) is 3. The smallest absolute Gasteiger partial charge is 0.286 e. The third-order valence-electron chi connectivity index (χ3n) is 6.76. The number of aliphatic hydroxyl groups excluding tert-OH is 1. The minimum atomic E-state index is -4.30. The largest absolute Gasteiger partial charge is 0.506 e. The Balaban J connectivity index is 1.60. The summed E-state index contributed by atoms with van der Waals surface area (Å²) in [7, 11) is -7.92. The van der Waals surface area contributed by atoms with Crippen LogP contribution in [0.15, 0.2) is 57.3 Å². The molecule has 1 saturated carbocycles. The molecule has 1 aliphatic heterocycles. The molecule has 0 aromatic heterocycles. The molecule has 0 spiro atoms. The zero-order valence-corrected chi connectivity index (χ0v) is 20.8. The molecular weight excluding hydrogens is 490 g/mol. The van der Waals surface area contributed by atoms with Crippen molar-refractivity contribution in [3.8, 4) is 0 Å². The first-order chi connectivity index (χ1) is 16.4. The highest BCUT2D eigenvalue weighted by Gasteiger charge is 2.47. The van der Waals surface area contributed by atoms with Gasteiger partial charge in [0.1, 0.15) is 16.2 Å². The van der Waals surface area contributed by atoms with E-state index in [0.29, 0.717) is 23.5 Å². The number of Topliss-reactive ketones (excluding diaryl/α,β-unsaturated/α-hetero) is 1. The van der Waals surface area contributed by atoms with Gasteiger partial charge >= 0.3 is 0 Å². The maximum Gasteiger partial charge on any atom is 0.286 e. The van der Waals surface area contributed by atoms with E-state index in [1.807, 2.05) is 19.1 Å². The number of anilines is 2. The number of ketones is 1. The number of rotatable bonds is 6. The van der Waals surface area contributed by atoms with Crippen LogP contribution in [0, 0.1) is 5.92 Å². The van der Waals surface area contributed by atoms with E-state index < -0.39 is 31.2 Å². The van der Waals surface area contributed by atoms with Gasteiger partial charge < -0.3 is 10.4 Å². The highest BCUT2D eigenvalue weighted by atomic mass is 32.2. The average molecular weight is 516 g/mol. The van der Waals surface area contributed by atoms with Gasteiger partial charge in [-0.1, -0.05) is 37.1 Å². The van der Waals surface area contributed by atoms with Gasteiger partial charge in [-0.3, -0.25) is 9.52 Å². The summed E-state index contributed by atoms with van der Waals surface area (Å²) in [6.07, 6.45) is 4.67. The minimum absolute atomic E-state index is 0.0626. The van der Waals surface area contributed by atoms with Crippen molar-refractivity contribution in [1.29, 1.82) is 0 Å². The lowest BCUT2D eigenvalue weighted by Crippen LogP contribution is -2.42. The van der Waals surface area contributed by atoms with Crippen molar-refractivity contribution in [2.75, 3.05) is 16.3 Å². The van der Waals surface area contributed by atoms with E-state index in [1.54, 1.807) is 12.1 Å². The van der Waals surface area contributed by atoms with Gasteiger partial charge in [0, 0.05) is 11.3 Å². The summed E-state index contributed by atoms with van der Waals surface area (Å²) in [6.45, 7) is 1.83. The van der Waals surface area contributed by atoms with Gasteiger partial charge in [0.25, 0.3) is 10.0 Å². The standard InChI is InChI=1S/C24H25N3O6S2/c1-24(12-11-14-7-8-14)17-6-4-3-5-16(17)21(28)20(22(24)29)23-25-18-10-9-15(26-34(2,30)31)13-19(18)35(32,33)27-23/h3-6,9-10,13-14,26,28H,7-8,11-12H2,1-2H3,(H,25,27)/t24-/m0/s1.